The number of nitrogens with zero attached hydrogens (tertiary/aromatic N) is 5. The predicted octanol–water partition coefficient (Wildman–Crippen LogP) is 3.18. The van der Waals surface area contributed by atoms with Crippen molar-refractivity contribution in [2.45, 2.75) is 88.4 Å². The van der Waals surface area contributed by atoms with Crippen LogP contribution in [0.3, 0.4) is 0 Å². The number of carboxylic acid groups (broad SMARTS) is 1. The Kier molecular flexibility index (Phi) is 6.03. The first kappa shape index (κ1) is 21.2. The van der Waals surface area contributed by atoms with E-state index in [0.29, 0.717) is 37.2 Å². The van der Waals surface area contributed by atoms with E-state index < -0.39 is 6.09 Å². The number of anilines is 2. The molecule has 32 heavy (non-hydrogen) atoms. The summed E-state index contributed by atoms with van der Waals surface area (Å²) in [5.74, 6) is 1.39. The first-order chi connectivity index (χ1) is 15.6. The molecule has 3 fully saturated rings. The number of carbonyl (C=O) groups is 1. The van der Waals surface area contributed by atoms with Gasteiger partial charge in [-0.3, -0.25) is 0 Å². The molecule has 3 aliphatic rings. The summed E-state index contributed by atoms with van der Waals surface area (Å²) in [6.07, 6.45) is 11.5. The van der Waals surface area contributed by atoms with Crippen LogP contribution in [0, 0.1) is 0 Å². The zero-order valence-electron chi connectivity index (χ0n) is 18.5. The number of rotatable bonds is 5. The minimum atomic E-state index is -0.845. The van der Waals surface area contributed by atoms with Gasteiger partial charge in [0.25, 0.3) is 0 Å². The number of amides is 1. The molecular weight excluding hydrogens is 408 g/mol. The van der Waals surface area contributed by atoms with Gasteiger partial charge in [-0.2, -0.15) is 9.97 Å². The molecule has 3 heterocycles. The standard InChI is InChI=1S/C22H34N8O2/c23-14-5-7-15(8-6-14)26-21-27-19(25-16-9-11-29(12-10-16)22(31)32)18-20(28-21)30(13-24-18)17-3-1-2-4-17/h13-17H,1-12,23H2,(H,31,32)(H2,25,26,27,28)/t14-,15-. The van der Waals surface area contributed by atoms with Gasteiger partial charge < -0.3 is 30.9 Å². The summed E-state index contributed by atoms with van der Waals surface area (Å²) >= 11 is 0. The Morgan fingerprint density at radius 2 is 1.66 bits per heavy atom. The van der Waals surface area contributed by atoms with E-state index in [-0.39, 0.29) is 6.04 Å². The highest BCUT2D eigenvalue weighted by molar-refractivity contribution is 5.84. The van der Waals surface area contributed by atoms with Crippen LogP contribution in [0.15, 0.2) is 6.33 Å². The van der Waals surface area contributed by atoms with Crippen LogP contribution in [0.4, 0.5) is 16.6 Å². The largest absolute Gasteiger partial charge is 0.465 e. The number of hydrogen-bond donors (Lipinski definition) is 4. The maximum absolute atomic E-state index is 11.2. The van der Waals surface area contributed by atoms with Gasteiger partial charge in [0.2, 0.25) is 5.95 Å². The van der Waals surface area contributed by atoms with Crippen LogP contribution >= 0.6 is 0 Å². The number of fused-ring (bicyclic) bond motifs is 1. The second kappa shape index (κ2) is 9.09. The summed E-state index contributed by atoms with van der Waals surface area (Å²) in [4.78, 5) is 27.1. The van der Waals surface area contributed by atoms with Crippen molar-refractivity contribution in [2.24, 2.45) is 5.73 Å². The second-order valence-corrected chi connectivity index (χ2v) is 9.60. The number of nitrogens with two attached hydrogens (primary N) is 1. The van der Waals surface area contributed by atoms with Gasteiger partial charge in [0, 0.05) is 37.3 Å². The van der Waals surface area contributed by atoms with Gasteiger partial charge in [-0.1, -0.05) is 12.8 Å². The fourth-order valence-corrected chi connectivity index (χ4v) is 5.39. The van der Waals surface area contributed by atoms with E-state index >= 15 is 0 Å². The number of likely N-dealkylation sites (tertiary alicyclic amines) is 1. The summed E-state index contributed by atoms with van der Waals surface area (Å²) in [5, 5.41) is 16.3. The fraction of sp³-hybridized carbons (Fsp3) is 0.727. The number of nitrogens with one attached hydrogen (secondary N) is 2. The molecule has 10 heteroatoms. The van der Waals surface area contributed by atoms with E-state index in [4.69, 9.17) is 20.7 Å². The summed E-state index contributed by atoms with van der Waals surface area (Å²) in [7, 11) is 0. The zero-order valence-corrected chi connectivity index (χ0v) is 18.5. The molecule has 1 amide bonds. The van der Waals surface area contributed by atoms with Crippen molar-refractivity contribution in [2.75, 3.05) is 23.7 Å². The minimum Gasteiger partial charge on any atom is -0.465 e. The van der Waals surface area contributed by atoms with E-state index in [9.17, 15) is 9.90 Å². The first-order valence-corrected chi connectivity index (χ1v) is 12.1. The van der Waals surface area contributed by atoms with Crippen molar-refractivity contribution in [3.63, 3.8) is 0 Å². The average molecular weight is 443 g/mol. The Hall–Kier alpha value is -2.62. The topological polar surface area (TPSA) is 134 Å². The summed E-state index contributed by atoms with van der Waals surface area (Å²) in [6, 6.07) is 1.25. The Balaban J connectivity index is 1.40. The van der Waals surface area contributed by atoms with E-state index in [1.807, 2.05) is 6.33 Å². The monoisotopic (exact) mass is 442 g/mol. The lowest BCUT2D eigenvalue weighted by Gasteiger charge is -2.31. The lowest BCUT2D eigenvalue weighted by atomic mass is 9.92. The van der Waals surface area contributed by atoms with Gasteiger partial charge in [0.15, 0.2) is 17.0 Å². The van der Waals surface area contributed by atoms with Crippen molar-refractivity contribution >= 4 is 29.0 Å². The van der Waals surface area contributed by atoms with E-state index in [1.54, 1.807) is 0 Å². The summed E-state index contributed by atoms with van der Waals surface area (Å²) in [6.45, 7) is 1.07. The van der Waals surface area contributed by atoms with Crippen molar-refractivity contribution < 1.29 is 9.90 Å². The van der Waals surface area contributed by atoms with E-state index in [2.05, 4.69) is 15.2 Å². The molecule has 2 aromatic heterocycles. The molecule has 0 radical (unpaired) electrons. The molecule has 0 unspecified atom stereocenters. The normalized spacial score (nSPS) is 25.3. The van der Waals surface area contributed by atoms with E-state index in [1.165, 1.54) is 17.7 Å². The van der Waals surface area contributed by atoms with Crippen LogP contribution in [-0.2, 0) is 0 Å². The molecule has 0 atom stereocenters. The predicted molar refractivity (Wildman–Crippen MR) is 123 cm³/mol. The minimum absolute atomic E-state index is 0.167. The molecule has 2 saturated carbocycles. The maximum atomic E-state index is 11.2. The maximum Gasteiger partial charge on any atom is 0.407 e. The van der Waals surface area contributed by atoms with Crippen molar-refractivity contribution in [1.82, 2.24) is 24.4 Å². The quantitative estimate of drug-likeness (QED) is 0.555. The number of hydrogen-bond acceptors (Lipinski definition) is 7. The van der Waals surface area contributed by atoms with Gasteiger partial charge in [0.05, 0.1) is 6.33 Å². The number of piperidine rings is 1. The van der Waals surface area contributed by atoms with Crippen LogP contribution in [0.2, 0.25) is 0 Å². The second-order valence-electron chi connectivity index (χ2n) is 9.60. The number of aromatic nitrogens is 4. The van der Waals surface area contributed by atoms with Gasteiger partial charge >= 0.3 is 6.09 Å². The van der Waals surface area contributed by atoms with E-state index in [0.717, 1.165) is 68.3 Å². The summed E-state index contributed by atoms with van der Waals surface area (Å²) < 4.78 is 2.23. The molecule has 174 valence electrons. The molecule has 0 bridgehead atoms. The summed E-state index contributed by atoms with van der Waals surface area (Å²) in [5.41, 5.74) is 7.76. The molecule has 0 spiro atoms. The highest BCUT2D eigenvalue weighted by Crippen LogP contribution is 2.33. The zero-order chi connectivity index (χ0) is 22.1. The average Bonchev–Trinajstić information content (AvgIpc) is 3.46. The molecule has 5 N–H and O–H groups in total. The molecular formula is C22H34N8O2. The third-order valence-corrected chi connectivity index (χ3v) is 7.35. The number of imidazole rings is 1. The molecule has 0 aromatic carbocycles. The molecule has 1 saturated heterocycles. The SMILES string of the molecule is N[C@H]1CC[C@H](Nc2nc(NC3CCN(C(=O)O)CC3)c3ncn(C4CCCC4)c3n2)CC1. The highest BCUT2D eigenvalue weighted by Gasteiger charge is 2.26. The molecule has 5 rings (SSSR count). The Morgan fingerprint density at radius 1 is 0.969 bits per heavy atom. The van der Waals surface area contributed by atoms with Crippen molar-refractivity contribution in [3.8, 4) is 0 Å². The highest BCUT2D eigenvalue weighted by atomic mass is 16.4. The molecule has 1 aliphatic heterocycles. The smallest absolute Gasteiger partial charge is 0.407 e. The lowest BCUT2D eigenvalue weighted by Crippen LogP contribution is -2.41. The molecule has 10 nitrogen and oxygen atoms in total. The Bertz CT molecular complexity index is 941. The van der Waals surface area contributed by atoms with Crippen LogP contribution in [0.25, 0.3) is 11.2 Å². The first-order valence-electron chi connectivity index (χ1n) is 12.1. The molecule has 2 aliphatic carbocycles. The Labute approximate surface area is 188 Å². The van der Waals surface area contributed by atoms with Crippen LogP contribution in [0.1, 0.15) is 70.3 Å². The van der Waals surface area contributed by atoms with Crippen molar-refractivity contribution in [1.29, 1.82) is 0 Å². The fourth-order valence-electron chi connectivity index (χ4n) is 5.39. The third kappa shape index (κ3) is 4.46. The van der Waals surface area contributed by atoms with Crippen LogP contribution in [0.5, 0.6) is 0 Å². The van der Waals surface area contributed by atoms with Gasteiger partial charge in [-0.05, 0) is 51.4 Å². The van der Waals surface area contributed by atoms with Gasteiger partial charge in [-0.25, -0.2) is 9.78 Å². The van der Waals surface area contributed by atoms with Crippen molar-refractivity contribution in [3.05, 3.63) is 6.33 Å². The van der Waals surface area contributed by atoms with Gasteiger partial charge in [-0.15, -0.1) is 0 Å². The Morgan fingerprint density at radius 3 is 2.34 bits per heavy atom. The van der Waals surface area contributed by atoms with Gasteiger partial charge in [0.1, 0.15) is 0 Å². The lowest BCUT2D eigenvalue weighted by molar-refractivity contribution is 0.134. The molecule has 2 aromatic rings. The van der Waals surface area contributed by atoms with Crippen LogP contribution in [-0.4, -0.2) is 66.8 Å². The van der Waals surface area contributed by atoms with Crippen LogP contribution < -0.4 is 16.4 Å². The third-order valence-electron chi connectivity index (χ3n) is 7.35.